The average molecular weight is 1920 g/mol. The molecule has 0 aromatic heterocycles. The van der Waals surface area contributed by atoms with Gasteiger partial charge in [0.25, 0.3) is 0 Å². The van der Waals surface area contributed by atoms with Gasteiger partial charge in [-0.05, 0) is 156 Å². The average Bonchev–Trinajstić information content (AvgIpc) is 0.787. The van der Waals surface area contributed by atoms with Crippen molar-refractivity contribution in [1.29, 1.82) is 0 Å². The van der Waals surface area contributed by atoms with Gasteiger partial charge >= 0.3 is 0 Å². The van der Waals surface area contributed by atoms with E-state index in [2.05, 4.69) is 324 Å². The Labute approximate surface area is 834 Å². The van der Waals surface area contributed by atoms with Gasteiger partial charge in [-0.2, -0.15) is 11.8 Å². The van der Waals surface area contributed by atoms with Crippen LogP contribution in [0, 0.1) is 0 Å². The molecule has 0 fully saturated rings. The van der Waals surface area contributed by atoms with Crippen molar-refractivity contribution in [2.24, 2.45) is 0 Å². The molecule has 0 saturated carbocycles. The molecule has 17 aromatic rings. The van der Waals surface area contributed by atoms with Crippen LogP contribution in [0.1, 0.15) is 76.8 Å². The topological polar surface area (TPSA) is 146 Å². The number of nitrogens with one attached hydrogen (secondary N) is 5. The third-order valence-corrected chi connectivity index (χ3v) is 32.3. The summed E-state index contributed by atoms with van der Waals surface area (Å²) in [5.41, 5.74) is 12.3. The highest BCUT2D eigenvalue weighted by Crippen LogP contribution is 2.41. The fourth-order valence-corrected chi connectivity index (χ4v) is 25.2. The zero-order valence-corrected chi connectivity index (χ0v) is 83.7. The quantitative estimate of drug-likeness (QED) is 0.0114. The number of allylic oxidation sites excluding steroid dienone is 8. The standard InChI is InChI=1S/C33H26NOP.2C28H24NOP.C23H22NOP.C13H17NOS/c35-32(27-17-7-2-8-18-27)25-31(26-15-5-1-6-16-26)34-30-23-13-14-24-33(30)36(28-19-9-3-10-20-28)29-21-11-4-12-22-29;1-22(30)21-27(23-13-5-2-6-14-23)29-26-19-11-12-20-28(26)31(24-15-7-3-8-16-24)25-17-9-4-10-18-25;1-22(21-27(30)23-13-5-2-6-14-23)29-26-19-11-12-20-28(26)31(24-15-7-3-8-16-24)25-17-9-4-10-18-25;1-18(17-19(2)25)24-22-15-9-10-16-23(22)26(20-11-5-3-6-12-20)21-13-7-4-8-14-21;1-11(14-8-9-16-2)10-13(15)12-6-4-3-5-7-12/h1-25,34H;2*2-21,29H,1H3;3-17,24H,1-2H3;3-7,10,14H,8-9H2,1-2H3/b31-25-;27-21-;22-21-;18-17-;11-10-. The lowest BCUT2D eigenvalue weighted by Gasteiger charge is -2.23. The first-order chi connectivity index (χ1) is 68.6. The summed E-state index contributed by atoms with van der Waals surface area (Å²) in [5, 5.41) is 32.5. The minimum atomic E-state index is -0.805. The van der Waals surface area contributed by atoms with E-state index >= 15 is 0 Å². The van der Waals surface area contributed by atoms with Crippen LogP contribution in [0.5, 0.6) is 0 Å². The second kappa shape index (κ2) is 55.3. The predicted octanol–water partition coefficient (Wildman–Crippen LogP) is 25.0. The number of thioether (sulfide) groups is 1. The van der Waals surface area contributed by atoms with E-state index in [1.165, 1.54) is 63.7 Å². The van der Waals surface area contributed by atoms with Gasteiger partial charge in [-0.3, -0.25) is 24.0 Å². The van der Waals surface area contributed by atoms with E-state index in [9.17, 15) is 24.0 Å². The Hall–Kier alpha value is -15.1. The molecule has 140 heavy (non-hydrogen) atoms. The molecule has 0 bridgehead atoms. The van der Waals surface area contributed by atoms with E-state index in [1.54, 1.807) is 56.0 Å². The summed E-state index contributed by atoms with van der Waals surface area (Å²) in [6.45, 7) is 9.82. The monoisotopic (exact) mass is 1920 g/mol. The number of hydrogen-bond acceptors (Lipinski definition) is 11. The summed E-state index contributed by atoms with van der Waals surface area (Å²) in [6, 6.07) is 167. The molecule has 17 rings (SSSR count). The van der Waals surface area contributed by atoms with Gasteiger partial charge in [0, 0.05) is 126 Å². The maximum Gasteiger partial charge on any atom is 0.187 e. The summed E-state index contributed by atoms with van der Waals surface area (Å²) in [6.07, 6.45) is 10.4. The van der Waals surface area contributed by atoms with Crippen LogP contribution in [-0.4, -0.2) is 47.5 Å². The van der Waals surface area contributed by atoms with Crippen molar-refractivity contribution in [2.75, 3.05) is 39.8 Å². The number of hydrogen-bond donors (Lipinski definition) is 5. The Morgan fingerprint density at radius 3 is 0.650 bits per heavy atom. The molecular weight excluding hydrogens is 1810 g/mol. The highest BCUT2D eigenvalue weighted by Gasteiger charge is 2.26. The molecule has 0 heterocycles. The van der Waals surface area contributed by atoms with Gasteiger partial charge in [-0.1, -0.05) is 467 Å². The lowest BCUT2D eigenvalue weighted by molar-refractivity contribution is -0.113. The van der Waals surface area contributed by atoms with Crippen LogP contribution < -0.4 is 90.2 Å². The highest BCUT2D eigenvalue weighted by molar-refractivity contribution is 7.98. The van der Waals surface area contributed by atoms with Crippen molar-refractivity contribution >= 4 is 170 Å². The minimum absolute atomic E-state index is 0.00327. The van der Waals surface area contributed by atoms with Crippen molar-refractivity contribution in [3.63, 3.8) is 0 Å². The zero-order chi connectivity index (χ0) is 97.7. The molecule has 0 unspecified atom stereocenters. The van der Waals surface area contributed by atoms with Crippen LogP contribution in [0.4, 0.5) is 22.7 Å². The van der Waals surface area contributed by atoms with Gasteiger partial charge in [0.15, 0.2) is 28.9 Å². The molecule has 0 amide bonds. The van der Waals surface area contributed by atoms with Crippen LogP contribution in [0.25, 0.3) is 11.4 Å². The zero-order valence-electron chi connectivity index (χ0n) is 79.3. The smallest absolute Gasteiger partial charge is 0.187 e. The fourth-order valence-electron chi connectivity index (χ4n) is 15.3. The van der Waals surface area contributed by atoms with Crippen molar-refractivity contribution in [1.82, 2.24) is 5.32 Å². The lowest BCUT2D eigenvalue weighted by Crippen LogP contribution is -2.23. The van der Waals surface area contributed by atoms with E-state index in [0.29, 0.717) is 11.1 Å². The Kier molecular flexibility index (Phi) is 40.4. The minimum Gasteiger partial charge on any atom is -0.388 e. The summed E-state index contributed by atoms with van der Waals surface area (Å²) >= 11 is 1.78. The molecule has 15 heteroatoms. The molecular formula is C125H113N5O5P4S. The Morgan fingerprint density at radius 1 is 0.214 bits per heavy atom. The van der Waals surface area contributed by atoms with E-state index in [1.807, 2.05) is 221 Å². The van der Waals surface area contributed by atoms with Crippen LogP contribution in [-0.2, 0) is 9.59 Å². The second-order valence-electron chi connectivity index (χ2n) is 32.3. The van der Waals surface area contributed by atoms with Gasteiger partial charge in [-0.25, -0.2) is 0 Å². The van der Waals surface area contributed by atoms with E-state index in [-0.39, 0.29) is 28.9 Å². The molecule has 0 aliphatic carbocycles. The molecule has 5 N–H and O–H groups in total. The number of ketones is 5. The van der Waals surface area contributed by atoms with Crippen LogP contribution in [0.15, 0.2) is 539 Å². The largest absolute Gasteiger partial charge is 0.388 e. The Balaban J connectivity index is 0.000000150. The van der Waals surface area contributed by atoms with Crippen LogP contribution in [0.3, 0.4) is 0 Å². The van der Waals surface area contributed by atoms with E-state index in [4.69, 9.17) is 0 Å². The number of benzene rings is 17. The second-order valence-corrected chi connectivity index (χ2v) is 42.0. The first-order valence-corrected chi connectivity index (χ1v) is 53.0. The van der Waals surface area contributed by atoms with E-state index in [0.717, 1.165) is 80.2 Å². The third-order valence-electron chi connectivity index (χ3n) is 21.7. The van der Waals surface area contributed by atoms with Crippen LogP contribution in [0.2, 0.25) is 0 Å². The number of carbonyl (C=O) groups excluding carboxylic acids is 5. The number of rotatable bonds is 34. The van der Waals surface area contributed by atoms with Crippen molar-refractivity contribution in [3.8, 4) is 0 Å². The molecule has 0 spiro atoms. The first kappa shape index (κ1) is 102. The van der Waals surface area contributed by atoms with Crippen molar-refractivity contribution in [3.05, 3.63) is 567 Å². The maximum atomic E-state index is 13.2. The Morgan fingerprint density at radius 2 is 0.407 bits per heavy atom. The molecule has 10 nitrogen and oxygen atoms in total. The van der Waals surface area contributed by atoms with Crippen molar-refractivity contribution in [2.45, 2.75) is 34.6 Å². The molecule has 0 aliphatic heterocycles. The normalized spacial score (nSPS) is 11.3. The summed E-state index contributed by atoms with van der Waals surface area (Å²) in [7, 11) is -2.99. The molecule has 694 valence electrons. The molecule has 17 aromatic carbocycles. The van der Waals surface area contributed by atoms with Gasteiger partial charge in [0.2, 0.25) is 0 Å². The summed E-state index contributed by atoms with van der Waals surface area (Å²) in [5.74, 6) is 1.11. The Bertz CT molecular complexity index is 6790. The molecule has 0 saturated heterocycles. The third kappa shape index (κ3) is 31.2. The summed E-state index contributed by atoms with van der Waals surface area (Å²) in [4.78, 5) is 60.9. The number of carbonyl (C=O) groups is 5. The fraction of sp³-hybridized carbons (Fsp3) is 0.0640. The SMILES string of the molecule is C/C(=C/C(=O)c1ccccc1)Nc1ccccc1P(c1ccccc1)c1ccccc1.CC(=O)/C=C(/C)Nc1ccccc1P(c1ccccc1)c1ccccc1.CC(=O)/C=C(\Nc1ccccc1P(c1ccccc1)c1ccccc1)c1ccccc1.CSCCN/C(C)=C\C(=O)c1ccccc1.O=C(/C=C(\Nc1ccccc1P(c1ccccc1)c1ccccc1)c1ccccc1)c1ccccc1. The van der Waals surface area contributed by atoms with Gasteiger partial charge in [-0.15, -0.1) is 0 Å². The lowest BCUT2D eigenvalue weighted by atomic mass is 10.1. The number of anilines is 4. The summed E-state index contributed by atoms with van der Waals surface area (Å²) < 4.78 is 0. The number of para-hydroxylation sites is 4. The first-order valence-electron chi connectivity index (χ1n) is 46.3. The van der Waals surface area contributed by atoms with Gasteiger partial charge in [0.05, 0.1) is 0 Å². The van der Waals surface area contributed by atoms with Crippen LogP contribution >= 0.6 is 43.4 Å². The predicted molar refractivity (Wildman–Crippen MR) is 605 cm³/mol. The van der Waals surface area contributed by atoms with Gasteiger partial charge in [0.1, 0.15) is 0 Å². The molecule has 0 radical (unpaired) electrons. The highest BCUT2D eigenvalue weighted by atomic mass is 32.2. The molecule has 0 aliphatic rings. The van der Waals surface area contributed by atoms with Crippen molar-refractivity contribution < 1.29 is 24.0 Å². The van der Waals surface area contributed by atoms with E-state index < -0.39 is 31.7 Å². The maximum absolute atomic E-state index is 13.2. The molecule has 0 atom stereocenters. The van der Waals surface area contributed by atoms with Gasteiger partial charge < -0.3 is 26.6 Å².